The SMILES string of the molecule is FC(F)CSc1ccc(CC2CCCNC2)cc1. The maximum atomic E-state index is 12.1. The predicted octanol–water partition coefficient (Wildman–Crippen LogP) is 3.59. The Kier molecular flexibility index (Phi) is 5.45. The second kappa shape index (κ2) is 7.10. The second-order valence-electron chi connectivity index (χ2n) is 4.76. The number of alkyl halides is 2. The summed E-state index contributed by atoms with van der Waals surface area (Å²) >= 11 is 1.22. The van der Waals surface area contributed by atoms with Gasteiger partial charge in [0.25, 0.3) is 0 Å². The van der Waals surface area contributed by atoms with Crippen molar-refractivity contribution in [3.05, 3.63) is 29.8 Å². The molecule has 1 atom stereocenters. The molecule has 18 heavy (non-hydrogen) atoms. The van der Waals surface area contributed by atoms with Crippen molar-refractivity contribution in [2.24, 2.45) is 5.92 Å². The van der Waals surface area contributed by atoms with Crippen LogP contribution in [-0.2, 0) is 6.42 Å². The van der Waals surface area contributed by atoms with Gasteiger partial charge in [0.15, 0.2) is 0 Å². The molecule has 1 nitrogen and oxygen atoms in total. The van der Waals surface area contributed by atoms with Crippen LogP contribution in [0.3, 0.4) is 0 Å². The Labute approximate surface area is 111 Å². The molecular formula is C14H19F2NS. The fraction of sp³-hybridized carbons (Fsp3) is 0.571. The van der Waals surface area contributed by atoms with E-state index in [4.69, 9.17) is 0 Å². The van der Waals surface area contributed by atoms with E-state index >= 15 is 0 Å². The lowest BCUT2D eigenvalue weighted by atomic mass is 9.92. The lowest BCUT2D eigenvalue weighted by Gasteiger charge is -2.22. The largest absolute Gasteiger partial charge is 0.316 e. The van der Waals surface area contributed by atoms with E-state index in [0.717, 1.165) is 30.3 Å². The first-order valence-electron chi connectivity index (χ1n) is 6.44. The third-order valence-electron chi connectivity index (χ3n) is 3.22. The summed E-state index contributed by atoms with van der Waals surface area (Å²) in [4.78, 5) is 0.931. The molecule has 0 spiro atoms. The average Bonchev–Trinajstić information content (AvgIpc) is 2.39. The fourth-order valence-electron chi connectivity index (χ4n) is 2.31. The van der Waals surface area contributed by atoms with Gasteiger partial charge >= 0.3 is 0 Å². The number of piperidine rings is 1. The highest BCUT2D eigenvalue weighted by Crippen LogP contribution is 2.22. The Hall–Kier alpha value is -0.610. The number of halogens is 2. The molecule has 1 N–H and O–H groups in total. The van der Waals surface area contributed by atoms with Gasteiger partial charge in [-0.15, -0.1) is 11.8 Å². The van der Waals surface area contributed by atoms with Crippen molar-refractivity contribution < 1.29 is 8.78 Å². The van der Waals surface area contributed by atoms with Gasteiger partial charge in [-0.3, -0.25) is 0 Å². The minimum atomic E-state index is -2.23. The van der Waals surface area contributed by atoms with Crippen molar-refractivity contribution >= 4 is 11.8 Å². The van der Waals surface area contributed by atoms with Crippen LogP contribution in [0, 0.1) is 5.92 Å². The summed E-state index contributed by atoms with van der Waals surface area (Å²) < 4.78 is 24.2. The van der Waals surface area contributed by atoms with Gasteiger partial charge < -0.3 is 5.32 Å². The Bertz CT molecular complexity index is 347. The Balaban J connectivity index is 1.83. The molecule has 1 aromatic rings. The minimum Gasteiger partial charge on any atom is -0.316 e. The predicted molar refractivity (Wildman–Crippen MR) is 72.5 cm³/mol. The summed E-state index contributed by atoms with van der Waals surface area (Å²) in [6, 6.07) is 8.06. The van der Waals surface area contributed by atoms with Gasteiger partial charge in [0.2, 0.25) is 6.43 Å². The molecule has 0 radical (unpaired) electrons. The zero-order chi connectivity index (χ0) is 12.8. The first kappa shape index (κ1) is 13.8. The molecule has 4 heteroatoms. The maximum absolute atomic E-state index is 12.1. The van der Waals surface area contributed by atoms with Gasteiger partial charge in [0.1, 0.15) is 0 Å². The van der Waals surface area contributed by atoms with Gasteiger partial charge in [0.05, 0.1) is 5.75 Å². The van der Waals surface area contributed by atoms with Gasteiger partial charge in [0, 0.05) is 4.90 Å². The molecule has 0 bridgehead atoms. The van der Waals surface area contributed by atoms with E-state index in [1.54, 1.807) is 0 Å². The van der Waals surface area contributed by atoms with Crippen LogP contribution in [0.15, 0.2) is 29.2 Å². The monoisotopic (exact) mass is 271 g/mol. The van der Waals surface area contributed by atoms with Crippen molar-refractivity contribution in [3.63, 3.8) is 0 Å². The van der Waals surface area contributed by atoms with E-state index < -0.39 is 6.43 Å². The fourth-order valence-corrected chi connectivity index (χ4v) is 2.96. The van der Waals surface area contributed by atoms with E-state index in [1.807, 2.05) is 12.1 Å². The highest BCUT2D eigenvalue weighted by Gasteiger charge is 2.13. The van der Waals surface area contributed by atoms with E-state index in [1.165, 1.54) is 30.2 Å². The number of thioether (sulfide) groups is 1. The number of nitrogens with one attached hydrogen (secondary N) is 1. The highest BCUT2D eigenvalue weighted by atomic mass is 32.2. The molecule has 1 aliphatic heterocycles. The molecular weight excluding hydrogens is 252 g/mol. The zero-order valence-corrected chi connectivity index (χ0v) is 11.2. The van der Waals surface area contributed by atoms with Crippen molar-refractivity contribution in [2.45, 2.75) is 30.6 Å². The molecule has 1 aromatic carbocycles. The van der Waals surface area contributed by atoms with E-state index in [-0.39, 0.29) is 5.75 Å². The van der Waals surface area contributed by atoms with Crippen LogP contribution in [0.25, 0.3) is 0 Å². The lowest BCUT2D eigenvalue weighted by molar-refractivity contribution is 0.177. The molecule has 0 aliphatic carbocycles. The summed E-state index contributed by atoms with van der Waals surface area (Å²) in [5, 5.41) is 3.41. The van der Waals surface area contributed by atoms with Gasteiger partial charge in [-0.25, -0.2) is 8.78 Å². The number of hydrogen-bond acceptors (Lipinski definition) is 2. The summed E-state index contributed by atoms with van der Waals surface area (Å²) in [6.45, 7) is 2.24. The average molecular weight is 271 g/mol. The van der Waals surface area contributed by atoms with Crippen LogP contribution in [-0.4, -0.2) is 25.3 Å². The molecule has 1 fully saturated rings. The molecule has 100 valence electrons. The minimum absolute atomic E-state index is 0.119. The van der Waals surface area contributed by atoms with Crippen molar-refractivity contribution in [3.8, 4) is 0 Å². The summed E-state index contributed by atoms with van der Waals surface area (Å²) in [6.07, 6.45) is 1.40. The standard InChI is InChI=1S/C14H19F2NS/c15-14(16)10-18-13-5-3-11(4-6-13)8-12-2-1-7-17-9-12/h3-6,12,14,17H,1-2,7-10H2. The second-order valence-corrected chi connectivity index (χ2v) is 5.86. The van der Waals surface area contributed by atoms with Gasteiger partial charge in [-0.2, -0.15) is 0 Å². The Morgan fingerprint density at radius 3 is 2.67 bits per heavy atom. The summed E-state index contributed by atoms with van der Waals surface area (Å²) in [5.41, 5.74) is 1.31. The molecule has 0 aromatic heterocycles. The van der Waals surface area contributed by atoms with Crippen LogP contribution in [0.2, 0.25) is 0 Å². The lowest BCUT2D eigenvalue weighted by Crippen LogP contribution is -2.30. The van der Waals surface area contributed by atoms with E-state index in [2.05, 4.69) is 17.4 Å². The molecule has 1 unspecified atom stereocenters. The normalized spacial score (nSPS) is 20.3. The first-order chi connectivity index (χ1) is 8.74. The molecule has 1 heterocycles. The summed E-state index contributed by atoms with van der Waals surface area (Å²) in [7, 11) is 0. The Morgan fingerprint density at radius 2 is 2.06 bits per heavy atom. The van der Waals surface area contributed by atoms with Crippen LogP contribution >= 0.6 is 11.8 Å². The maximum Gasteiger partial charge on any atom is 0.247 e. The van der Waals surface area contributed by atoms with Crippen molar-refractivity contribution in [2.75, 3.05) is 18.8 Å². The van der Waals surface area contributed by atoms with Crippen LogP contribution in [0.4, 0.5) is 8.78 Å². The van der Waals surface area contributed by atoms with Crippen molar-refractivity contribution in [1.82, 2.24) is 5.32 Å². The number of hydrogen-bond donors (Lipinski definition) is 1. The van der Waals surface area contributed by atoms with Gasteiger partial charge in [-0.05, 0) is 56.0 Å². The van der Waals surface area contributed by atoms with Crippen LogP contribution < -0.4 is 5.32 Å². The first-order valence-corrected chi connectivity index (χ1v) is 7.43. The smallest absolute Gasteiger partial charge is 0.247 e. The third-order valence-corrected chi connectivity index (χ3v) is 4.25. The molecule has 1 aliphatic rings. The zero-order valence-electron chi connectivity index (χ0n) is 10.4. The third kappa shape index (κ3) is 4.58. The van der Waals surface area contributed by atoms with Gasteiger partial charge in [-0.1, -0.05) is 12.1 Å². The molecule has 0 amide bonds. The van der Waals surface area contributed by atoms with E-state index in [0.29, 0.717) is 0 Å². The number of rotatable bonds is 5. The number of benzene rings is 1. The molecule has 0 saturated carbocycles. The molecule has 1 saturated heterocycles. The van der Waals surface area contributed by atoms with Crippen LogP contribution in [0.1, 0.15) is 18.4 Å². The molecule has 2 rings (SSSR count). The summed E-state index contributed by atoms with van der Waals surface area (Å²) in [5.74, 6) is 0.602. The highest BCUT2D eigenvalue weighted by molar-refractivity contribution is 7.99. The quantitative estimate of drug-likeness (QED) is 0.821. The van der Waals surface area contributed by atoms with Crippen LogP contribution in [0.5, 0.6) is 0 Å². The van der Waals surface area contributed by atoms with Crippen molar-refractivity contribution in [1.29, 1.82) is 0 Å². The van der Waals surface area contributed by atoms with E-state index in [9.17, 15) is 8.78 Å². The Morgan fingerprint density at radius 1 is 1.28 bits per heavy atom. The topological polar surface area (TPSA) is 12.0 Å².